The van der Waals surface area contributed by atoms with Gasteiger partial charge in [0, 0.05) is 31.8 Å². The molecule has 0 aromatic carbocycles. The molecule has 1 aliphatic carbocycles. The van der Waals surface area contributed by atoms with Crippen LogP contribution in [0, 0.1) is 0 Å². The Balaban J connectivity index is 2.81. The standard InChI is InChI=1S/C16H32N2O3/c1-6-13(4)18(9-10-21-5)14-7-8-16(11-14,15(19)20)17-12(2)3/h12-14,17H,6-11H2,1-5H3,(H,19,20). The molecule has 0 spiro atoms. The molecule has 21 heavy (non-hydrogen) atoms. The van der Waals surface area contributed by atoms with E-state index in [1.807, 2.05) is 13.8 Å². The van der Waals surface area contributed by atoms with Crippen LogP contribution < -0.4 is 5.32 Å². The molecule has 1 rings (SSSR count). The fraction of sp³-hybridized carbons (Fsp3) is 0.938. The molecule has 124 valence electrons. The molecule has 0 aromatic heterocycles. The largest absolute Gasteiger partial charge is 0.480 e. The SMILES string of the molecule is CCC(C)N(CCOC)C1CCC(NC(C)C)(C(=O)O)C1. The van der Waals surface area contributed by atoms with Crippen molar-refractivity contribution in [2.75, 3.05) is 20.3 Å². The number of rotatable bonds is 9. The molecule has 0 bridgehead atoms. The van der Waals surface area contributed by atoms with Crippen molar-refractivity contribution in [1.82, 2.24) is 10.2 Å². The lowest BCUT2D eigenvalue weighted by Gasteiger charge is -2.35. The van der Waals surface area contributed by atoms with Crippen LogP contribution in [0.3, 0.4) is 0 Å². The van der Waals surface area contributed by atoms with Crippen molar-refractivity contribution >= 4 is 5.97 Å². The molecule has 0 radical (unpaired) electrons. The molecule has 0 amide bonds. The predicted octanol–water partition coefficient (Wildman–Crippen LogP) is 2.11. The van der Waals surface area contributed by atoms with Gasteiger partial charge in [-0.2, -0.15) is 0 Å². The van der Waals surface area contributed by atoms with Gasteiger partial charge in [-0.25, -0.2) is 0 Å². The van der Waals surface area contributed by atoms with E-state index in [1.165, 1.54) is 0 Å². The van der Waals surface area contributed by atoms with Gasteiger partial charge in [-0.3, -0.25) is 15.0 Å². The maximum atomic E-state index is 11.8. The van der Waals surface area contributed by atoms with Gasteiger partial charge in [-0.05, 0) is 46.5 Å². The van der Waals surface area contributed by atoms with Gasteiger partial charge in [-0.1, -0.05) is 6.92 Å². The van der Waals surface area contributed by atoms with Crippen molar-refractivity contribution in [3.8, 4) is 0 Å². The van der Waals surface area contributed by atoms with Gasteiger partial charge in [0.15, 0.2) is 0 Å². The van der Waals surface area contributed by atoms with Crippen molar-refractivity contribution in [2.45, 2.75) is 77.0 Å². The zero-order chi connectivity index (χ0) is 16.0. The second-order valence-electron chi connectivity index (χ2n) is 6.57. The fourth-order valence-electron chi connectivity index (χ4n) is 3.44. The Hall–Kier alpha value is -0.650. The number of ether oxygens (including phenoxy) is 1. The van der Waals surface area contributed by atoms with Crippen molar-refractivity contribution in [1.29, 1.82) is 0 Å². The Bertz CT molecular complexity index is 335. The Labute approximate surface area is 129 Å². The number of methoxy groups -OCH3 is 1. The van der Waals surface area contributed by atoms with Crippen LogP contribution in [0.5, 0.6) is 0 Å². The van der Waals surface area contributed by atoms with Crippen LogP contribution in [0.2, 0.25) is 0 Å². The summed E-state index contributed by atoms with van der Waals surface area (Å²) in [5, 5.41) is 13.0. The highest BCUT2D eigenvalue weighted by atomic mass is 16.5. The van der Waals surface area contributed by atoms with Crippen LogP contribution in [0.15, 0.2) is 0 Å². The minimum atomic E-state index is -0.766. The van der Waals surface area contributed by atoms with Gasteiger partial charge < -0.3 is 9.84 Å². The second-order valence-corrected chi connectivity index (χ2v) is 6.57. The number of hydrogen-bond donors (Lipinski definition) is 2. The second kappa shape index (κ2) is 8.11. The van der Waals surface area contributed by atoms with Gasteiger partial charge in [0.05, 0.1) is 6.61 Å². The van der Waals surface area contributed by atoms with Crippen molar-refractivity contribution in [3.63, 3.8) is 0 Å². The van der Waals surface area contributed by atoms with E-state index in [1.54, 1.807) is 7.11 Å². The molecule has 0 aromatic rings. The highest BCUT2D eigenvalue weighted by Gasteiger charge is 2.47. The summed E-state index contributed by atoms with van der Waals surface area (Å²) < 4.78 is 5.22. The fourth-order valence-corrected chi connectivity index (χ4v) is 3.44. The molecule has 0 aliphatic heterocycles. The summed E-state index contributed by atoms with van der Waals surface area (Å²) in [6.45, 7) is 9.97. The van der Waals surface area contributed by atoms with Crippen molar-refractivity contribution < 1.29 is 14.6 Å². The number of aliphatic carboxylic acids is 1. The number of carbonyl (C=O) groups is 1. The first-order chi connectivity index (χ1) is 9.86. The Morgan fingerprint density at radius 1 is 1.48 bits per heavy atom. The first kappa shape index (κ1) is 18.4. The summed E-state index contributed by atoms with van der Waals surface area (Å²) >= 11 is 0. The molecule has 1 fully saturated rings. The summed E-state index contributed by atoms with van der Waals surface area (Å²) in [6.07, 6.45) is 3.37. The van der Waals surface area contributed by atoms with Crippen LogP contribution in [0.1, 0.15) is 53.4 Å². The molecule has 3 unspecified atom stereocenters. The summed E-state index contributed by atoms with van der Waals surface area (Å²) in [4.78, 5) is 14.2. The molecular formula is C16H32N2O3. The zero-order valence-electron chi connectivity index (χ0n) is 14.2. The van der Waals surface area contributed by atoms with E-state index < -0.39 is 11.5 Å². The van der Waals surface area contributed by atoms with Crippen LogP contribution in [-0.2, 0) is 9.53 Å². The number of nitrogens with zero attached hydrogens (tertiary/aromatic N) is 1. The molecular weight excluding hydrogens is 268 g/mol. The van der Waals surface area contributed by atoms with Gasteiger partial charge in [0.2, 0.25) is 0 Å². The van der Waals surface area contributed by atoms with Crippen LogP contribution in [0.25, 0.3) is 0 Å². The van der Waals surface area contributed by atoms with Gasteiger partial charge in [-0.15, -0.1) is 0 Å². The Morgan fingerprint density at radius 3 is 2.62 bits per heavy atom. The van der Waals surface area contributed by atoms with Crippen LogP contribution in [0.4, 0.5) is 0 Å². The highest BCUT2D eigenvalue weighted by molar-refractivity contribution is 5.79. The monoisotopic (exact) mass is 300 g/mol. The average Bonchev–Trinajstić information content (AvgIpc) is 2.83. The molecule has 1 saturated carbocycles. The van der Waals surface area contributed by atoms with E-state index in [-0.39, 0.29) is 6.04 Å². The van der Waals surface area contributed by atoms with Gasteiger partial charge in [0.1, 0.15) is 5.54 Å². The Kier molecular flexibility index (Phi) is 7.10. The third kappa shape index (κ3) is 4.66. The summed E-state index contributed by atoms with van der Waals surface area (Å²) in [6, 6.07) is 0.946. The summed E-state index contributed by atoms with van der Waals surface area (Å²) in [5.74, 6) is -0.713. The quantitative estimate of drug-likeness (QED) is 0.683. The first-order valence-electron chi connectivity index (χ1n) is 8.12. The van der Waals surface area contributed by atoms with Gasteiger partial charge >= 0.3 is 5.97 Å². The molecule has 5 heteroatoms. The van der Waals surface area contributed by atoms with Crippen LogP contribution >= 0.6 is 0 Å². The molecule has 2 N–H and O–H groups in total. The number of carboxylic acids is 1. The molecule has 3 atom stereocenters. The minimum absolute atomic E-state index is 0.177. The first-order valence-corrected chi connectivity index (χ1v) is 8.12. The van der Waals surface area contributed by atoms with E-state index in [0.717, 1.165) is 19.4 Å². The van der Waals surface area contributed by atoms with E-state index in [0.29, 0.717) is 31.5 Å². The van der Waals surface area contributed by atoms with E-state index >= 15 is 0 Å². The maximum Gasteiger partial charge on any atom is 0.323 e. The Morgan fingerprint density at radius 2 is 2.14 bits per heavy atom. The van der Waals surface area contributed by atoms with Crippen molar-refractivity contribution in [3.05, 3.63) is 0 Å². The molecule has 1 aliphatic rings. The molecule has 0 heterocycles. The van der Waals surface area contributed by atoms with Crippen LogP contribution in [-0.4, -0.2) is 59.9 Å². The zero-order valence-corrected chi connectivity index (χ0v) is 14.2. The highest BCUT2D eigenvalue weighted by Crippen LogP contribution is 2.35. The van der Waals surface area contributed by atoms with E-state index in [4.69, 9.17) is 4.74 Å². The average molecular weight is 300 g/mol. The number of carboxylic acid groups (broad SMARTS) is 1. The maximum absolute atomic E-state index is 11.8. The molecule has 0 saturated heterocycles. The number of nitrogens with one attached hydrogen (secondary N) is 1. The smallest absolute Gasteiger partial charge is 0.323 e. The summed E-state index contributed by atoms with van der Waals surface area (Å²) in [7, 11) is 1.71. The minimum Gasteiger partial charge on any atom is -0.480 e. The lowest BCUT2D eigenvalue weighted by atomic mass is 9.96. The molecule has 5 nitrogen and oxygen atoms in total. The lowest BCUT2D eigenvalue weighted by Crippen LogP contribution is -2.54. The number of hydrogen-bond acceptors (Lipinski definition) is 4. The van der Waals surface area contributed by atoms with E-state index in [9.17, 15) is 9.90 Å². The van der Waals surface area contributed by atoms with Crippen molar-refractivity contribution in [2.24, 2.45) is 0 Å². The third-order valence-corrected chi connectivity index (χ3v) is 4.64. The summed E-state index contributed by atoms with van der Waals surface area (Å²) in [5.41, 5.74) is -0.766. The predicted molar refractivity (Wildman–Crippen MR) is 84.6 cm³/mol. The topological polar surface area (TPSA) is 61.8 Å². The van der Waals surface area contributed by atoms with Gasteiger partial charge in [0.25, 0.3) is 0 Å². The lowest BCUT2D eigenvalue weighted by molar-refractivity contribution is -0.145. The third-order valence-electron chi connectivity index (χ3n) is 4.64. The van der Waals surface area contributed by atoms with E-state index in [2.05, 4.69) is 24.1 Å². The normalized spacial score (nSPS) is 27.5.